The summed E-state index contributed by atoms with van der Waals surface area (Å²) in [6.45, 7) is 5.68. The lowest BCUT2D eigenvalue weighted by Gasteiger charge is -2.22. The van der Waals surface area contributed by atoms with Crippen LogP contribution in [0, 0.1) is 6.92 Å². The van der Waals surface area contributed by atoms with Crippen LogP contribution >= 0.6 is 0 Å². The molecule has 0 saturated heterocycles. The summed E-state index contributed by atoms with van der Waals surface area (Å²) < 4.78 is 5.63. The van der Waals surface area contributed by atoms with Gasteiger partial charge in [-0.3, -0.25) is 4.90 Å². The van der Waals surface area contributed by atoms with Crippen LogP contribution in [0.2, 0.25) is 0 Å². The molecule has 1 atom stereocenters. The lowest BCUT2D eigenvalue weighted by molar-refractivity contribution is 0.140. The zero-order valence-electron chi connectivity index (χ0n) is 10.3. The van der Waals surface area contributed by atoms with Crippen molar-refractivity contribution >= 4 is 0 Å². The Balaban J connectivity index is 2.30. The maximum atomic E-state index is 8.98. The SMILES string of the molecule is Cc1cccc(OCCN(C)C(C)CO)c1. The van der Waals surface area contributed by atoms with Crippen molar-refractivity contribution in [1.29, 1.82) is 0 Å². The molecule has 1 rings (SSSR count). The minimum Gasteiger partial charge on any atom is -0.492 e. The van der Waals surface area contributed by atoms with Crippen LogP contribution in [-0.4, -0.2) is 42.9 Å². The van der Waals surface area contributed by atoms with Gasteiger partial charge in [0, 0.05) is 12.6 Å². The minimum atomic E-state index is 0.181. The van der Waals surface area contributed by atoms with Gasteiger partial charge in [0.15, 0.2) is 0 Å². The third kappa shape index (κ3) is 4.21. The molecule has 1 unspecified atom stereocenters. The maximum absolute atomic E-state index is 8.98. The average Bonchev–Trinajstić information content (AvgIpc) is 2.28. The van der Waals surface area contributed by atoms with E-state index >= 15 is 0 Å². The molecule has 0 spiro atoms. The van der Waals surface area contributed by atoms with Crippen LogP contribution in [-0.2, 0) is 0 Å². The highest BCUT2D eigenvalue weighted by Gasteiger charge is 2.06. The van der Waals surface area contributed by atoms with Crippen molar-refractivity contribution in [2.45, 2.75) is 19.9 Å². The summed E-state index contributed by atoms with van der Waals surface area (Å²) >= 11 is 0. The molecule has 0 aliphatic rings. The Morgan fingerprint density at radius 1 is 1.44 bits per heavy atom. The summed E-state index contributed by atoms with van der Waals surface area (Å²) in [6.07, 6.45) is 0. The lowest BCUT2D eigenvalue weighted by atomic mass is 10.2. The van der Waals surface area contributed by atoms with Crippen LogP contribution in [0.15, 0.2) is 24.3 Å². The molecule has 90 valence electrons. The summed E-state index contributed by atoms with van der Waals surface area (Å²) in [6, 6.07) is 8.20. The molecule has 0 heterocycles. The van der Waals surface area contributed by atoms with Gasteiger partial charge < -0.3 is 9.84 Å². The smallest absolute Gasteiger partial charge is 0.119 e. The second-order valence-electron chi connectivity index (χ2n) is 4.18. The number of aryl methyl sites for hydroxylation is 1. The molecule has 0 aromatic heterocycles. The molecule has 0 aliphatic heterocycles. The molecule has 0 radical (unpaired) electrons. The highest BCUT2D eigenvalue weighted by atomic mass is 16.5. The summed E-state index contributed by atoms with van der Waals surface area (Å²) in [5.41, 5.74) is 1.20. The molecule has 3 heteroatoms. The summed E-state index contributed by atoms with van der Waals surface area (Å²) in [5, 5.41) is 8.98. The first-order valence-corrected chi connectivity index (χ1v) is 5.64. The number of likely N-dealkylation sites (N-methyl/N-ethyl adjacent to an activating group) is 1. The van der Waals surface area contributed by atoms with E-state index in [1.165, 1.54) is 5.56 Å². The molecule has 0 amide bonds. The number of aliphatic hydroxyl groups is 1. The second kappa shape index (κ2) is 6.51. The summed E-state index contributed by atoms with van der Waals surface area (Å²) in [4.78, 5) is 2.08. The van der Waals surface area contributed by atoms with Gasteiger partial charge in [-0.25, -0.2) is 0 Å². The zero-order chi connectivity index (χ0) is 12.0. The number of ether oxygens (including phenoxy) is 1. The highest BCUT2D eigenvalue weighted by molar-refractivity contribution is 5.27. The number of hydrogen-bond acceptors (Lipinski definition) is 3. The first-order valence-electron chi connectivity index (χ1n) is 5.64. The number of aliphatic hydroxyl groups excluding tert-OH is 1. The molecule has 1 aromatic rings. The number of nitrogens with zero attached hydrogens (tertiary/aromatic N) is 1. The maximum Gasteiger partial charge on any atom is 0.119 e. The normalized spacial score (nSPS) is 12.8. The van der Waals surface area contributed by atoms with Crippen molar-refractivity contribution in [3.63, 3.8) is 0 Å². The fraction of sp³-hybridized carbons (Fsp3) is 0.538. The predicted octanol–water partition coefficient (Wildman–Crippen LogP) is 1.69. The lowest BCUT2D eigenvalue weighted by Crippen LogP contribution is -2.35. The third-order valence-corrected chi connectivity index (χ3v) is 2.72. The molecule has 1 N–H and O–H groups in total. The molecular formula is C13H21NO2. The first kappa shape index (κ1) is 13.0. The van der Waals surface area contributed by atoms with Gasteiger partial charge in [-0.15, -0.1) is 0 Å². The fourth-order valence-corrected chi connectivity index (χ4v) is 1.37. The number of hydrogen-bond donors (Lipinski definition) is 1. The number of rotatable bonds is 6. The standard InChI is InChI=1S/C13H21NO2/c1-11-5-4-6-13(9-11)16-8-7-14(3)12(2)10-15/h4-6,9,12,15H,7-8,10H2,1-3H3. The van der Waals surface area contributed by atoms with E-state index in [0.717, 1.165) is 12.3 Å². The van der Waals surface area contributed by atoms with Crippen LogP contribution in [0.4, 0.5) is 0 Å². The van der Waals surface area contributed by atoms with Crippen molar-refractivity contribution in [3.05, 3.63) is 29.8 Å². The molecule has 0 bridgehead atoms. The van der Waals surface area contributed by atoms with Crippen molar-refractivity contribution in [2.24, 2.45) is 0 Å². The molecule has 0 fully saturated rings. The van der Waals surface area contributed by atoms with Gasteiger partial charge in [0.05, 0.1) is 6.61 Å². The van der Waals surface area contributed by atoms with E-state index in [1.54, 1.807) is 0 Å². The van der Waals surface area contributed by atoms with Crippen molar-refractivity contribution in [3.8, 4) is 5.75 Å². The predicted molar refractivity (Wildman–Crippen MR) is 65.9 cm³/mol. The zero-order valence-corrected chi connectivity index (χ0v) is 10.3. The summed E-state index contributed by atoms with van der Waals surface area (Å²) in [5.74, 6) is 0.907. The van der Waals surface area contributed by atoms with Crippen LogP contribution in [0.1, 0.15) is 12.5 Å². The monoisotopic (exact) mass is 223 g/mol. The second-order valence-corrected chi connectivity index (χ2v) is 4.18. The fourth-order valence-electron chi connectivity index (χ4n) is 1.37. The van der Waals surface area contributed by atoms with E-state index in [1.807, 2.05) is 45.2 Å². The Morgan fingerprint density at radius 2 is 2.19 bits per heavy atom. The van der Waals surface area contributed by atoms with Crippen LogP contribution in [0.3, 0.4) is 0 Å². The molecule has 0 saturated carbocycles. The topological polar surface area (TPSA) is 32.7 Å². The van der Waals surface area contributed by atoms with Gasteiger partial charge in [0.2, 0.25) is 0 Å². The molecular weight excluding hydrogens is 202 g/mol. The van der Waals surface area contributed by atoms with Crippen LogP contribution < -0.4 is 4.74 Å². The van der Waals surface area contributed by atoms with E-state index in [2.05, 4.69) is 4.90 Å². The van der Waals surface area contributed by atoms with E-state index in [9.17, 15) is 0 Å². The Kier molecular flexibility index (Phi) is 5.29. The van der Waals surface area contributed by atoms with Crippen molar-refractivity contribution in [1.82, 2.24) is 4.90 Å². The van der Waals surface area contributed by atoms with Gasteiger partial charge >= 0.3 is 0 Å². The molecule has 1 aromatic carbocycles. The van der Waals surface area contributed by atoms with E-state index in [0.29, 0.717) is 6.61 Å². The quantitative estimate of drug-likeness (QED) is 0.796. The highest BCUT2D eigenvalue weighted by Crippen LogP contribution is 2.12. The molecule has 0 aliphatic carbocycles. The van der Waals surface area contributed by atoms with E-state index in [-0.39, 0.29) is 12.6 Å². The largest absolute Gasteiger partial charge is 0.492 e. The van der Waals surface area contributed by atoms with Crippen molar-refractivity contribution < 1.29 is 9.84 Å². The Bertz CT molecular complexity index is 315. The molecule has 16 heavy (non-hydrogen) atoms. The summed E-state index contributed by atoms with van der Waals surface area (Å²) in [7, 11) is 1.99. The minimum absolute atomic E-state index is 0.181. The van der Waals surface area contributed by atoms with E-state index < -0.39 is 0 Å². The van der Waals surface area contributed by atoms with Crippen LogP contribution in [0.5, 0.6) is 5.75 Å². The Morgan fingerprint density at radius 3 is 2.81 bits per heavy atom. The first-order chi connectivity index (χ1) is 7.63. The van der Waals surface area contributed by atoms with Crippen molar-refractivity contribution in [2.75, 3.05) is 26.8 Å². The number of benzene rings is 1. The Hall–Kier alpha value is -1.06. The van der Waals surface area contributed by atoms with Crippen LogP contribution in [0.25, 0.3) is 0 Å². The van der Waals surface area contributed by atoms with Gasteiger partial charge in [-0.05, 0) is 38.6 Å². The van der Waals surface area contributed by atoms with E-state index in [4.69, 9.17) is 9.84 Å². The molecule has 3 nitrogen and oxygen atoms in total. The average molecular weight is 223 g/mol. The van der Waals surface area contributed by atoms with Gasteiger partial charge in [0.25, 0.3) is 0 Å². The Labute approximate surface area is 97.7 Å². The van der Waals surface area contributed by atoms with Gasteiger partial charge in [-0.1, -0.05) is 12.1 Å². The van der Waals surface area contributed by atoms with Gasteiger partial charge in [-0.2, -0.15) is 0 Å². The third-order valence-electron chi connectivity index (χ3n) is 2.72. The van der Waals surface area contributed by atoms with Gasteiger partial charge in [0.1, 0.15) is 12.4 Å².